The molecule has 0 aliphatic rings. The highest BCUT2D eigenvalue weighted by molar-refractivity contribution is 6.11. The maximum absolute atomic E-state index is 12.6. The van der Waals surface area contributed by atoms with Crippen molar-refractivity contribution in [2.24, 2.45) is 0 Å². The number of nitro groups is 1. The Morgan fingerprint density at radius 3 is 2.53 bits per heavy atom. The Kier molecular flexibility index (Phi) is 6.78. The third-order valence-electron chi connectivity index (χ3n) is 4.31. The fourth-order valence-electron chi connectivity index (χ4n) is 2.79. The molecular formula is C23H17N3O6. The number of nitro benzene ring substituents is 1. The van der Waals surface area contributed by atoms with Crippen LogP contribution in [0.2, 0.25) is 0 Å². The molecule has 9 nitrogen and oxygen atoms in total. The van der Waals surface area contributed by atoms with E-state index in [1.54, 1.807) is 31.2 Å². The first-order valence-corrected chi connectivity index (χ1v) is 9.47. The molecule has 3 rings (SSSR count). The number of para-hydroxylation sites is 1. The van der Waals surface area contributed by atoms with E-state index in [-0.39, 0.29) is 34.9 Å². The Morgan fingerprint density at radius 2 is 1.88 bits per heavy atom. The van der Waals surface area contributed by atoms with Gasteiger partial charge in [-0.1, -0.05) is 12.1 Å². The molecule has 32 heavy (non-hydrogen) atoms. The molecule has 0 aliphatic carbocycles. The van der Waals surface area contributed by atoms with Crippen LogP contribution in [0, 0.1) is 21.4 Å². The van der Waals surface area contributed by atoms with Crippen LogP contribution >= 0.6 is 0 Å². The highest BCUT2D eigenvalue weighted by atomic mass is 16.6. The summed E-state index contributed by atoms with van der Waals surface area (Å²) >= 11 is 0. The zero-order valence-electron chi connectivity index (χ0n) is 16.9. The number of nitrogens with zero attached hydrogens (tertiary/aromatic N) is 2. The number of rotatable bonds is 7. The molecule has 0 atom stereocenters. The fourth-order valence-corrected chi connectivity index (χ4v) is 2.79. The Morgan fingerprint density at radius 1 is 1.16 bits per heavy atom. The van der Waals surface area contributed by atoms with Gasteiger partial charge in [0.2, 0.25) is 0 Å². The number of hydrogen-bond acceptors (Lipinski definition) is 7. The van der Waals surface area contributed by atoms with Crippen LogP contribution in [0.25, 0.3) is 17.4 Å². The molecule has 0 unspecified atom stereocenters. The molecule has 0 radical (unpaired) electrons. The average molecular weight is 431 g/mol. The molecule has 1 aromatic heterocycles. The van der Waals surface area contributed by atoms with Crippen LogP contribution in [0.4, 0.5) is 11.4 Å². The van der Waals surface area contributed by atoms with Crippen LogP contribution in [0.5, 0.6) is 0 Å². The number of anilines is 1. The number of esters is 1. The second-order valence-corrected chi connectivity index (χ2v) is 6.40. The van der Waals surface area contributed by atoms with E-state index in [2.05, 4.69) is 5.32 Å². The molecule has 0 saturated carbocycles. The summed E-state index contributed by atoms with van der Waals surface area (Å²) in [7, 11) is 0. The molecule has 1 N–H and O–H groups in total. The standard InChI is InChI=1S/C23H17N3O6/c1-2-31-23(28)19-5-3-4-6-20(19)25-22(27)16(14-24)13-18-11-12-21(32-18)15-7-9-17(10-8-15)26(29)30/h3-13H,2H2,1H3,(H,25,27)/b16-13+. The Labute approximate surface area is 182 Å². The molecule has 1 amide bonds. The number of carbonyl (C=O) groups excluding carboxylic acids is 2. The average Bonchev–Trinajstić information content (AvgIpc) is 3.26. The molecule has 0 spiro atoms. The van der Waals surface area contributed by atoms with Crippen LogP contribution in [0.1, 0.15) is 23.0 Å². The predicted octanol–water partition coefficient (Wildman–Crippen LogP) is 4.58. The summed E-state index contributed by atoms with van der Waals surface area (Å²) in [6.45, 7) is 1.85. The maximum Gasteiger partial charge on any atom is 0.340 e. The van der Waals surface area contributed by atoms with Crippen molar-refractivity contribution in [1.82, 2.24) is 0 Å². The summed E-state index contributed by atoms with van der Waals surface area (Å²) < 4.78 is 10.6. The molecule has 0 fully saturated rings. The van der Waals surface area contributed by atoms with Gasteiger partial charge in [0.25, 0.3) is 11.6 Å². The number of nitriles is 1. The summed E-state index contributed by atoms with van der Waals surface area (Å²) in [6, 6.07) is 17.1. The largest absolute Gasteiger partial charge is 0.462 e. The van der Waals surface area contributed by atoms with Crippen molar-refractivity contribution in [2.75, 3.05) is 11.9 Å². The van der Waals surface area contributed by atoms with E-state index in [0.717, 1.165) is 0 Å². The van der Waals surface area contributed by atoms with Gasteiger partial charge in [-0.05, 0) is 43.3 Å². The van der Waals surface area contributed by atoms with Crippen molar-refractivity contribution in [1.29, 1.82) is 5.26 Å². The summed E-state index contributed by atoms with van der Waals surface area (Å²) in [5.74, 6) is -0.664. The van der Waals surface area contributed by atoms with Crippen LogP contribution in [0.15, 0.2) is 70.7 Å². The third-order valence-corrected chi connectivity index (χ3v) is 4.31. The van der Waals surface area contributed by atoms with Gasteiger partial charge in [0.1, 0.15) is 23.2 Å². The molecule has 0 saturated heterocycles. The minimum atomic E-state index is -0.725. The van der Waals surface area contributed by atoms with Gasteiger partial charge in [0.05, 0.1) is 22.8 Å². The normalized spacial score (nSPS) is 10.8. The van der Waals surface area contributed by atoms with Gasteiger partial charge in [-0.25, -0.2) is 4.79 Å². The zero-order valence-corrected chi connectivity index (χ0v) is 16.9. The van der Waals surface area contributed by atoms with Crippen LogP contribution in [0.3, 0.4) is 0 Å². The van der Waals surface area contributed by atoms with Gasteiger partial charge < -0.3 is 14.5 Å². The van der Waals surface area contributed by atoms with Crippen LogP contribution < -0.4 is 5.32 Å². The first-order chi connectivity index (χ1) is 15.4. The Hall–Kier alpha value is -4.71. The predicted molar refractivity (Wildman–Crippen MR) is 115 cm³/mol. The van der Waals surface area contributed by atoms with Crippen LogP contribution in [-0.2, 0) is 9.53 Å². The quantitative estimate of drug-likeness (QED) is 0.190. The van der Waals surface area contributed by atoms with Gasteiger partial charge in [-0.2, -0.15) is 5.26 Å². The van der Waals surface area contributed by atoms with E-state index >= 15 is 0 Å². The van der Waals surface area contributed by atoms with Crippen molar-refractivity contribution < 1.29 is 23.7 Å². The van der Waals surface area contributed by atoms with E-state index in [4.69, 9.17) is 9.15 Å². The van der Waals surface area contributed by atoms with Gasteiger partial charge in [0.15, 0.2) is 0 Å². The number of non-ortho nitro benzene ring substituents is 1. The molecular weight excluding hydrogens is 414 g/mol. The third kappa shape index (κ3) is 5.06. The van der Waals surface area contributed by atoms with Gasteiger partial charge in [-0.15, -0.1) is 0 Å². The molecule has 3 aromatic rings. The highest BCUT2D eigenvalue weighted by Crippen LogP contribution is 2.26. The van der Waals surface area contributed by atoms with Gasteiger partial charge >= 0.3 is 5.97 Å². The SMILES string of the molecule is CCOC(=O)c1ccccc1NC(=O)/C(C#N)=C/c1ccc(-c2ccc([N+](=O)[O-])cc2)o1. The fraction of sp³-hybridized carbons (Fsp3) is 0.0870. The topological polar surface area (TPSA) is 135 Å². The minimum Gasteiger partial charge on any atom is -0.462 e. The minimum absolute atomic E-state index is 0.0491. The lowest BCUT2D eigenvalue weighted by atomic mass is 10.1. The Balaban J connectivity index is 1.80. The highest BCUT2D eigenvalue weighted by Gasteiger charge is 2.17. The maximum atomic E-state index is 12.6. The zero-order chi connectivity index (χ0) is 23.1. The van der Waals surface area contributed by atoms with Gasteiger partial charge in [0, 0.05) is 23.8 Å². The van der Waals surface area contributed by atoms with Crippen molar-refractivity contribution >= 4 is 29.3 Å². The van der Waals surface area contributed by atoms with Crippen molar-refractivity contribution in [3.8, 4) is 17.4 Å². The number of carbonyl (C=O) groups is 2. The lowest BCUT2D eigenvalue weighted by Gasteiger charge is -2.09. The van der Waals surface area contributed by atoms with Crippen LogP contribution in [-0.4, -0.2) is 23.4 Å². The Bertz CT molecular complexity index is 1240. The molecule has 0 aliphatic heterocycles. The lowest BCUT2D eigenvalue weighted by Crippen LogP contribution is -2.17. The number of hydrogen-bond donors (Lipinski definition) is 1. The molecule has 1 heterocycles. The van der Waals surface area contributed by atoms with E-state index in [1.807, 2.05) is 6.07 Å². The number of ether oxygens (including phenoxy) is 1. The molecule has 2 aromatic carbocycles. The summed E-state index contributed by atoms with van der Waals surface area (Å²) in [6.07, 6.45) is 1.26. The molecule has 9 heteroatoms. The summed E-state index contributed by atoms with van der Waals surface area (Å²) in [5, 5.41) is 22.7. The molecule has 0 bridgehead atoms. The monoisotopic (exact) mass is 431 g/mol. The first kappa shape index (κ1) is 22.0. The van der Waals surface area contributed by atoms with Crippen molar-refractivity contribution in [2.45, 2.75) is 6.92 Å². The van der Waals surface area contributed by atoms with E-state index in [1.165, 1.54) is 42.5 Å². The second kappa shape index (κ2) is 9.86. The second-order valence-electron chi connectivity index (χ2n) is 6.40. The smallest absolute Gasteiger partial charge is 0.340 e. The van der Waals surface area contributed by atoms with E-state index < -0.39 is 16.8 Å². The number of nitrogens with one attached hydrogen (secondary N) is 1. The van der Waals surface area contributed by atoms with Gasteiger partial charge in [-0.3, -0.25) is 14.9 Å². The molecule has 160 valence electrons. The first-order valence-electron chi connectivity index (χ1n) is 9.47. The van der Waals surface area contributed by atoms with E-state index in [0.29, 0.717) is 11.3 Å². The summed E-state index contributed by atoms with van der Waals surface area (Å²) in [4.78, 5) is 34.9. The van der Waals surface area contributed by atoms with E-state index in [9.17, 15) is 25.0 Å². The van der Waals surface area contributed by atoms with Crippen molar-refractivity contribution in [3.05, 3.63) is 87.7 Å². The van der Waals surface area contributed by atoms with Crippen molar-refractivity contribution in [3.63, 3.8) is 0 Å². The number of amides is 1. The number of benzene rings is 2. The number of furan rings is 1. The summed E-state index contributed by atoms with van der Waals surface area (Å²) in [5.41, 5.74) is 0.684. The lowest BCUT2D eigenvalue weighted by molar-refractivity contribution is -0.384.